The Bertz CT molecular complexity index is 694. The van der Waals surface area contributed by atoms with Crippen LogP contribution in [-0.4, -0.2) is 12.4 Å². The van der Waals surface area contributed by atoms with E-state index in [1.165, 1.54) is 43.4 Å². The van der Waals surface area contributed by atoms with Crippen LogP contribution in [0.1, 0.15) is 55.1 Å². The van der Waals surface area contributed by atoms with Gasteiger partial charge in [0.05, 0.1) is 15.3 Å². The summed E-state index contributed by atoms with van der Waals surface area (Å²) in [5.74, 6) is 0.875. The Labute approximate surface area is 168 Å². The number of benzene rings is 1. The fraction of sp³-hybridized carbons (Fsp3) is 0.381. The van der Waals surface area contributed by atoms with Crippen molar-refractivity contribution in [3.63, 3.8) is 0 Å². The van der Waals surface area contributed by atoms with Crippen molar-refractivity contribution in [3.05, 3.63) is 57.3 Å². The van der Waals surface area contributed by atoms with Crippen LogP contribution in [0, 0.1) is 0 Å². The molecule has 1 aromatic heterocycles. The summed E-state index contributed by atoms with van der Waals surface area (Å²) in [4.78, 5) is 12.7. The number of unbranched alkanes of at least 4 members (excludes halogenated alkanes) is 5. The van der Waals surface area contributed by atoms with E-state index in [1.807, 2.05) is 36.4 Å². The molecule has 0 radical (unpaired) electrons. The van der Waals surface area contributed by atoms with Crippen LogP contribution in [0.3, 0.4) is 0 Å². The van der Waals surface area contributed by atoms with E-state index in [-0.39, 0.29) is 5.78 Å². The number of carbonyl (C=O) groups is 1. The minimum atomic E-state index is -0.00732. The second kappa shape index (κ2) is 11.9. The number of hydrogen-bond donors (Lipinski definition) is 1. The summed E-state index contributed by atoms with van der Waals surface area (Å²) in [6.07, 6.45) is 10.8. The van der Waals surface area contributed by atoms with E-state index in [1.54, 1.807) is 12.3 Å². The standard InChI is InChI=1S/C21H26BrNO2S/c1-2-3-4-5-6-7-16-25-18-10-8-17(9-11-18)23-15-14-19(24)20-12-13-21(22)26-20/h8-15,23H,2-7,16H2,1H3/b15-14-. The first-order valence-electron chi connectivity index (χ1n) is 9.14. The molecule has 0 saturated carbocycles. The number of nitrogens with one attached hydrogen (secondary N) is 1. The Balaban J connectivity index is 1.67. The van der Waals surface area contributed by atoms with Crippen LogP contribution < -0.4 is 10.1 Å². The average Bonchev–Trinajstić information content (AvgIpc) is 3.09. The molecule has 0 unspecified atom stereocenters. The topological polar surface area (TPSA) is 38.3 Å². The normalized spacial score (nSPS) is 11.0. The van der Waals surface area contributed by atoms with Crippen LogP contribution in [0.5, 0.6) is 5.75 Å². The van der Waals surface area contributed by atoms with Crippen molar-refractivity contribution in [1.29, 1.82) is 0 Å². The van der Waals surface area contributed by atoms with Gasteiger partial charge in [0.15, 0.2) is 5.78 Å². The third kappa shape index (κ3) is 7.75. The van der Waals surface area contributed by atoms with Crippen molar-refractivity contribution in [2.45, 2.75) is 45.4 Å². The second-order valence-corrected chi connectivity index (χ2v) is 8.55. The van der Waals surface area contributed by atoms with Crippen molar-refractivity contribution < 1.29 is 9.53 Å². The molecule has 0 saturated heterocycles. The maximum atomic E-state index is 12.0. The number of hydrogen-bond acceptors (Lipinski definition) is 4. The van der Waals surface area contributed by atoms with Gasteiger partial charge in [-0.1, -0.05) is 39.0 Å². The molecule has 0 amide bonds. The largest absolute Gasteiger partial charge is 0.494 e. The van der Waals surface area contributed by atoms with Crippen molar-refractivity contribution in [2.75, 3.05) is 11.9 Å². The molecule has 0 fully saturated rings. The van der Waals surface area contributed by atoms with Crippen molar-refractivity contribution in [3.8, 4) is 5.75 Å². The Kier molecular flexibility index (Phi) is 9.50. The first-order chi connectivity index (χ1) is 12.7. The number of rotatable bonds is 12. The van der Waals surface area contributed by atoms with Crippen molar-refractivity contribution in [1.82, 2.24) is 0 Å². The van der Waals surface area contributed by atoms with Gasteiger partial charge >= 0.3 is 0 Å². The summed E-state index contributed by atoms with van der Waals surface area (Å²) < 4.78 is 6.72. The van der Waals surface area contributed by atoms with Crippen molar-refractivity contribution in [2.24, 2.45) is 0 Å². The van der Waals surface area contributed by atoms with Crippen LogP contribution >= 0.6 is 27.3 Å². The second-order valence-electron chi connectivity index (χ2n) is 6.09. The highest BCUT2D eigenvalue weighted by Gasteiger charge is 2.04. The third-order valence-corrected chi connectivity index (χ3v) is 5.56. The quantitative estimate of drug-likeness (QED) is 0.220. The van der Waals surface area contributed by atoms with Crippen LogP contribution in [-0.2, 0) is 0 Å². The Hall–Kier alpha value is -1.59. The van der Waals surface area contributed by atoms with E-state index >= 15 is 0 Å². The Morgan fingerprint density at radius 1 is 1.08 bits per heavy atom. The molecule has 0 aliphatic rings. The molecule has 140 valence electrons. The van der Waals surface area contributed by atoms with Gasteiger partial charge in [-0.25, -0.2) is 0 Å². The zero-order valence-electron chi connectivity index (χ0n) is 15.2. The molecule has 5 heteroatoms. The Morgan fingerprint density at radius 2 is 1.81 bits per heavy atom. The molecule has 0 atom stereocenters. The predicted octanol–water partition coefficient (Wildman–Crippen LogP) is 7.06. The smallest absolute Gasteiger partial charge is 0.197 e. The average molecular weight is 436 g/mol. The van der Waals surface area contributed by atoms with E-state index in [4.69, 9.17) is 4.74 Å². The number of carbonyl (C=O) groups excluding carboxylic acids is 1. The minimum Gasteiger partial charge on any atom is -0.494 e. The SMILES string of the molecule is CCCCCCCCOc1ccc(N/C=C\C(=O)c2ccc(Br)s2)cc1. The summed E-state index contributed by atoms with van der Waals surface area (Å²) in [5.41, 5.74) is 0.924. The van der Waals surface area contributed by atoms with Gasteiger partial charge in [-0.05, 0) is 58.7 Å². The zero-order valence-corrected chi connectivity index (χ0v) is 17.6. The van der Waals surface area contributed by atoms with Crippen LogP contribution in [0.2, 0.25) is 0 Å². The lowest BCUT2D eigenvalue weighted by atomic mass is 10.1. The number of ketones is 1. The van der Waals surface area contributed by atoms with Gasteiger partial charge in [0, 0.05) is 18.0 Å². The first-order valence-corrected chi connectivity index (χ1v) is 10.8. The lowest BCUT2D eigenvalue weighted by molar-refractivity contribution is 0.105. The highest BCUT2D eigenvalue weighted by atomic mass is 79.9. The number of halogens is 1. The summed E-state index contributed by atoms with van der Waals surface area (Å²) in [7, 11) is 0. The molecule has 3 nitrogen and oxygen atoms in total. The van der Waals surface area contributed by atoms with Crippen LogP contribution in [0.15, 0.2) is 52.5 Å². The molecule has 1 heterocycles. The molecule has 1 aromatic carbocycles. The van der Waals surface area contributed by atoms with Gasteiger partial charge < -0.3 is 10.1 Å². The highest BCUT2D eigenvalue weighted by molar-refractivity contribution is 9.11. The summed E-state index contributed by atoms with van der Waals surface area (Å²) in [6.45, 7) is 3.00. The fourth-order valence-corrected chi connectivity index (χ4v) is 3.77. The molecule has 26 heavy (non-hydrogen) atoms. The maximum Gasteiger partial charge on any atom is 0.197 e. The van der Waals surface area contributed by atoms with Gasteiger partial charge in [-0.15, -0.1) is 11.3 Å². The number of thiophene rings is 1. The van der Waals surface area contributed by atoms with Gasteiger partial charge in [0.1, 0.15) is 5.75 Å². The van der Waals surface area contributed by atoms with Gasteiger partial charge in [-0.3, -0.25) is 4.79 Å². The zero-order chi connectivity index (χ0) is 18.6. The maximum absolute atomic E-state index is 12.0. The molecule has 0 aliphatic carbocycles. The Morgan fingerprint density at radius 3 is 2.50 bits per heavy atom. The lowest BCUT2D eigenvalue weighted by Gasteiger charge is -2.07. The van der Waals surface area contributed by atoms with E-state index < -0.39 is 0 Å². The molecule has 0 spiro atoms. The summed E-state index contributed by atoms with van der Waals surface area (Å²) >= 11 is 4.79. The number of ether oxygens (including phenoxy) is 1. The molecular weight excluding hydrogens is 410 g/mol. The van der Waals surface area contributed by atoms with Crippen molar-refractivity contribution >= 4 is 38.7 Å². The van der Waals surface area contributed by atoms with E-state index in [2.05, 4.69) is 28.2 Å². The molecule has 0 aliphatic heterocycles. The number of anilines is 1. The van der Waals surface area contributed by atoms with Crippen LogP contribution in [0.4, 0.5) is 5.69 Å². The van der Waals surface area contributed by atoms with Gasteiger partial charge in [0.25, 0.3) is 0 Å². The monoisotopic (exact) mass is 435 g/mol. The van der Waals surface area contributed by atoms with Gasteiger partial charge in [-0.2, -0.15) is 0 Å². The summed E-state index contributed by atoms with van der Waals surface area (Å²) in [5, 5.41) is 3.11. The molecule has 0 bridgehead atoms. The number of allylic oxidation sites excluding steroid dienone is 1. The van der Waals surface area contributed by atoms with E-state index in [0.29, 0.717) is 4.88 Å². The van der Waals surface area contributed by atoms with E-state index in [9.17, 15) is 4.79 Å². The van der Waals surface area contributed by atoms with E-state index in [0.717, 1.165) is 28.3 Å². The molecule has 2 aromatic rings. The lowest BCUT2D eigenvalue weighted by Crippen LogP contribution is -1.97. The fourth-order valence-electron chi connectivity index (χ4n) is 2.46. The predicted molar refractivity (Wildman–Crippen MR) is 114 cm³/mol. The molecular formula is C21H26BrNO2S. The molecule has 1 N–H and O–H groups in total. The first kappa shape index (κ1) is 20.7. The highest BCUT2D eigenvalue weighted by Crippen LogP contribution is 2.22. The minimum absolute atomic E-state index is 0.00732. The third-order valence-electron chi connectivity index (χ3n) is 3.92. The molecule has 2 rings (SSSR count). The summed E-state index contributed by atoms with van der Waals surface area (Å²) in [6, 6.07) is 11.5. The van der Waals surface area contributed by atoms with Crippen LogP contribution in [0.25, 0.3) is 0 Å². The van der Waals surface area contributed by atoms with Gasteiger partial charge in [0.2, 0.25) is 0 Å².